The number of benzene rings is 1. The summed E-state index contributed by atoms with van der Waals surface area (Å²) in [7, 11) is -4.58. The number of hydrogen-bond acceptors (Lipinski definition) is 8. The zero-order valence-electron chi connectivity index (χ0n) is 33.8. The minimum Gasteiger partial charge on any atom is -0.460 e. The molecule has 1 unspecified atom stereocenters. The van der Waals surface area contributed by atoms with Gasteiger partial charge in [-0.2, -0.15) is 0 Å². The van der Waals surface area contributed by atoms with Gasteiger partial charge >= 0.3 is 5.97 Å². The van der Waals surface area contributed by atoms with Gasteiger partial charge in [0.1, 0.15) is 31.4 Å². The number of carbonyl (C=O) groups is 4. The Labute approximate surface area is 318 Å². The molecular weight excluding hydrogens is 703 g/mol. The minimum atomic E-state index is -2.30. The standard InChI is InChI=1S/C41H61N3O7Si2/c1-27(2)37-29(4)20-21-34(46)42-22-16-17-28(3)23-32(51-53(11,12)41(5,6)7)25-31(45)26-35-44-36(40(49-35)52(8,9)10)38(47)43-33(39(48)50-37)24-30-18-14-13-15-19-30/h13-21,23,27,29,32-33,37H,22,24-26H2,1-12H3,(H,42,46)(H,43,47)/b17-16?,21-20+,28-23?/t29-,32?,33-,37-/m1/s1. The van der Waals surface area contributed by atoms with Crippen LogP contribution < -0.4 is 16.0 Å². The molecule has 4 atom stereocenters. The third kappa shape index (κ3) is 13.2. The Morgan fingerprint density at radius 3 is 2.26 bits per heavy atom. The number of nitrogens with zero attached hydrogens (tertiary/aromatic N) is 1. The van der Waals surface area contributed by atoms with Gasteiger partial charge in [0.15, 0.2) is 14.0 Å². The van der Waals surface area contributed by atoms with E-state index < -0.39 is 46.5 Å². The number of nitrogens with one attached hydrogen (secondary N) is 2. The molecule has 1 aromatic heterocycles. The molecule has 2 amide bonds. The number of fused-ring (bicyclic) bond motifs is 2. The molecule has 0 aliphatic carbocycles. The van der Waals surface area contributed by atoms with Crippen LogP contribution in [0, 0.1) is 11.8 Å². The van der Waals surface area contributed by atoms with Crippen LogP contribution in [0.1, 0.15) is 76.8 Å². The van der Waals surface area contributed by atoms with Crippen LogP contribution in [0.2, 0.25) is 37.8 Å². The summed E-state index contributed by atoms with van der Waals surface area (Å²) in [5, 5.41) is 6.13. The molecule has 2 N–H and O–H groups in total. The van der Waals surface area contributed by atoms with Crippen molar-refractivity contribution in [3.05, 3.63) is 83.4 Å². The average Bonchev–Trinajstić information content (AvgIpc) is 3.48. The number of Topliss-reactive ketones (excluding diaryl/α,β-unsaturated/α-hetero) is 1. The van der Waals surface area contributed by atoms with E-state index in [-0.39, 0.29) is 59.4 Å². The van der Waals surface area contributed by atoms with E-state index in [4.69, 9.17) is 13.6 Å². The third-order valence-corrected chi connectivity index (χ3v) is 15.9. The summed E-state index contributed by atoms with van der Waals surface area (Å²) in [4.78, 5) is 59.0. The Bertz CT molecular complexity index is 1680. The van der Waals surface area contributed by atoms with Crippen molar-refractivity contribution >= 4 is 45.3 Å². The second kappa shape index (κ2) is 18.4. The summed E-state index contributed by atoms with van der Waals surface area (Å²) in [6.07, 6.45) is 7.98. The second-order valence-corrected chi connectivity index (χ2v) is 26.7. The molecule has 2 bridgehead atoms. The van der Waals surface area contributed by atoms with E-state index in [9.17, 15) is 19.2 Å². The maximum atomic E-state index is 14.1. The first-order valence-corrected chi connectivity index (χ1v) is 25.0. The first-order valence-electron chi connectivity index (χ1n) is 18.6. The molecule has 0 saturated heterocycles. The van der Waals surface area contributed by atoms with Crippen molar-refractivity contribution in [2.24, 2.45) is 11.8 Å². The normalized spacial score (nSPS) is 22.8. The topological polar surface area (TPSA) is 137 Å². The van der Waals surface area contributed by atoms with Gasteiger partial charge in [-0.25, -0.2) is 9.78 Å². The van der Waals surface area contributed by atoms with Crippen LogP contribution >= 0.6 is 0 Å². The first-order chi connectivity index (χ1) is 24.6. The number of cyclic esters (lactones) is 1. The minimum absolute atomic E-state index is 0.0777. The van der Waals surface area contributed by atoms with Gasteiger partial charge in [0.25, 0.3) is 5.91 Å². The Balaban J connectivity index is 2.09. The highest BCUT2D eigenvalue weighted by Crippen LogP contribution is 2.38. The quantitative estimate of drug-likeness (QED) is 0.241. The molecule has 0 radical (unpaired) electrons. The first kappa shape index (κ1) is 43.5. The van der Waals surface area contributed by atoms with E-state index in [0.29, 0.717) is 11.9 Å². The lowest BCUT2D eigenvalue weighted by Crippen LogP contribution is -2.48. The molecule has 1 aliphatic heterocycles. The zero-order valence-corrected chi connectivity index (χ0v) is 35.8. The number of carbonyl (C=O) groups excluding carboxylic acids is 4. The van der Waals surface area contributed by atoms with E-state index in [1.165, 1.54) is 6.08 Å². The molecule has 10 nitrogen and oxygen atoms in total. The van der Waals surface area contributed by atoms with Crippen molar-refractivity contribution < 1.29 is 32.8 Å². The Morgan fingerprint density at radius 1 is 1.00 bits per heavy atom. The number of rotatable bonds is 6. The molecular formula is C41H61N3O7Si2. The smallest absolute Gasteiger partial charge is 0.329 e. The fourth-order valence-electron chi connectivity index (χ4n) is 5.75. The molecule has 53 heavy (non-hydrogen) atoms. The molecule has 0 fully saturated rings. The van der Waals surface area contributed by atoms with Crippen LogP contribution in [0.3, 0.4) is 0 Å². The van der Waals surface area contributed by atoms with Crippen LogP contribution in [0.5, 0.6) is 0 Å². The van der Waals surface area contributed by atoms with Crippen molar-refractivity contribution in [2.45, 2.75) is 124 Å². The number of hydrogen-bond donors (Lipinski definition) is 2. The average molecular weight is 764 g/mol. The van der Waals surface area contributed by atoms with Gasteiger partial charge in [0.2, 0.25) is 11.8 Å². The van der Waals surface area contributed by atoms with Crippen molar-refractivity contribution in [1.82, 2.24) is 15.6 Å². The second-order valence-electron chi connectivity index (χ2n) is 17.0. The van der Waals surface area contributed by atoms with Gasteiger partial charge in [-0.15, -0.1) is 0 Å². The highest BCUT2D eigenvalue weighted by atomic mass is 28.4. The number of oxazole rings is 1. The largest absolute Gasteiger partial charge is 0.460 e. The molecule has 1 aromatic carbocycles. The van der Waals surface area contributed by atoms with Crippen LogP contribution in [0.4, 0.5) is 0 Å². The molecule has 1 aliphatic rings. The number of aromatic nitrogens is 1. The lowest BCUT2D eigenvalue weighted by Gasteiger charge is -2.38. The highest BCUT2D eigenvalue weighted by Gasteiger charge is 2.40. The van der Waals surface area contributed by atoms with Gasteiger partial charge in [-0.3, -0.25) is 14.4 Å². The Hall–Kier alpha value is -3.88. The number of allylic oxidation sites excluding steroid dienone is 2. The SMILES string of the molecule is CC1=CC(O[Si](C)(C)C(C)(C)C)CC(=O)Cc2nc(c([Si](C)(C)C)o2)C(=O)N[C@H](Cc2ccccc2)C(=O)O[C@H](C(C)C)[C@H](C)/C=C/C(=O)NCC=C1. The van der Waals surface area contributed by atoms with Crippen molar-refractivity contribution in [3.8, 4) is 0 Å². The molecule has 12 heteroatoms. The van der Waals surface area contributed by atoms with E-state index in [1.54, 1.807) is 6.08 Å². The van der Waals surface area contributed by atoms with Crippen molar-refractivity contribution in [2.75, 3.05) is 6.54 Å². The Morgan fingerprint density at radius 2 is 1.66 bits per heavy atom. The van der Waals surface area contributed by atoms with Crippen LogP contribution in [0.25, 0.3) is 0 Å². The van der Waals surface area contributed by atoms with Crippen LogP contribution in [-0.2, 0) is 36.4 Å². The number of ketones is 1. The van der Waals surface area contributed by atoms with Gasteiger partial charge in [-0.1, -0.05) is 121 Å². The van der Waals surface area contributed by atoms with E-state index in [0.717, 1.165) is 11.1 Å². The van der Waals surface area contributed by atoms with Crippen molar-refractivity contribution in [3.63, 3.8) is 0 Å². The highest BCUT2D eigenvalue weighted by molar-refractivity contribution is 6.88. The van der Waals surface area contributed by atoms with Crippen molar-refractivity contribution in [1.29, 1.82) is 0 Å². The fourth-order valence-corrected chi connectivity index (χ4v) is 8.32. The maximum absolute atomic E-state index is 14.1. The summed E-state index contributed by atoms with van der Waals surface area (Å²) in [5.41, 5.74) is 1.80. The summed E-state index contributed by atoms with van der Waals surface area (Å²) >= 11 is 0. The molecule has 0 spiro atoms. The summed E-state index contributed by atoms with van der Waals surface area (Å²) < 4.78 is 19.1. The monoisotopic (exact) mass is 763 g/mol. The summed E-state index contributed by atoms with van der Waals surface area (Å²) in [5.74, 6) is -1.82. The molecule has 2 heterocycles. The van der Waals surface area contributed by atoms with E-state index >= 15 is 0 Å². The van der Waals surface area contributed by atoms with Crippen LogP contribution in [0.15, 0.2) is 70.7 Å². The summed E-state index contributed by atoms with van der Waals surface area (Å²) in [6, 6.07) is 8.34. The molecule has 3 rings (SSSR count). The predicted octanol–water partition coefficient (Wildman–Crippen LogP) is 6.85. The van der Waals surface area contributed by atoms with Gasteiger partial charge in [-0.05, 0) is 42.6 Å². The van der Waals surface area contributed by atoms with E-state index in [1.807, 2.05) is 95.9 Å². The number of esters is 1. The van der Waals surface area contributed by atoms with Gasteiger partial charge in [0.05, 0.1) is 12.5 Å². The zero-order chi connectivity index (χ0) is 39.7. The fraction of sp³-hybridized carbons (Fsp3) is 0.537. The number of ether oxygens (including phenoxy) is 1. The predicted molar refractivity (Wildman–Crippen MR) is 215 cm³/mol. The lowest BCUT2D eigenvalue weighted by molar-refractivity contribution is -0.155. The van der Waals surface area contributed by atoms with Crippen LogP contribution in [-0.4, -0.2) is 69.7 Å². The molecule has 0 saturated carbocycles. The molecule has 2 aromatic rings. The number of amides is 2. The van der Waals surface area contributed by atoms with Gasteiger partial charge < -0.3 is 24.2 Å². The molecule has 290 valence electrons. The summed E-state index contributed by atoms with van der Waals surface area (Å²) in [6.45, 7) is 24.9. The maximum Gasteiger partial charge on any atom is 0.329 e. The lowest BCUT2D eigenvalue weighted by atomic mass is 9.94. The third-order valence-electron chi connectivity index (χ3n) is 9.67. The Kier molecular flexibility index (Phi) is 15.1. The van der Waals surface area contributed by atoms with E-state index in [2.05, 4.69) is 49.5 Å². The van der Waals surface area contributed by atoms with Gasteiger partial charge in [0, 0.05) is 25.3 Å².